The summed E-state index contributed by atoms with van der Waals surface area (Å²) >= 11 is 0. The molecule has 1 unspecified atom stereocenters. The van der Waals surface area contributed by atoms with Crippen molar-refractivity contribution < 1.29 is 9.53 Å². The summed E-state index contributed by atoms with van der Waals surface area (Å²) in [6.45, 7) is 4.94. The van der Waals surface area contributed by atoms with Gasteiger partial charge < -0.3 is 9.64 Å². The lowest BCUT2D eigenvalue weighted by Crippen LogP contribution is -2.49. The van der Waals surface area contributed by atoms with Gasteiger partial charge in [-0.1, -0.05) is 18.2 Å². The average Bonchev–Trinajstić information content (AvgIpc) is 2.62. The molecule has 1 fully saturated rings. The summed E-state index contributed by atoms with van der Waals surface area (Å²) in [7, 11) is 1.66. The highest BCUT2D eigenvalue weighted by atomic mass is 16.5. The van der Waals surface area contributed by atoms with E-state index < -0.39 is 0 Å². The SMILES string of the molecule is COc1ccc(C2CN(Cc3cccnc3)CCN2C(C)=O)cc1. The minimum atomic E-state index is 0.0684. The highest BCUT2D eigenvalue weighted by Crippen LogP contribution is 2.27. The van der Waals surface area contributed by atoms with E-state index in [4.69, 9.17) is 4.74 Å². The Morgan fingerprint density at radius 2 is 2.04 bits per heavy atom. The fraction of sp³-hybridized carbons (Fsp3) is 0.368. The fourth-order valence-electron chi connectivity index (χ4n) is 3.22. The fourth-order valence-corrected chi connectivity index (χ4v) is 3.22. The van der Waals surface area contributed by atoms with Crippen molar-refractivity contribution in [1.82, 2.24) is 14.8 Å². The third-order valence-corrected chi connectivity index (χ3v) is 4.50. The predicted octanol–water partition coefficient (Wildman–Crippen LogP) is 2.50. The summed E-state index contributed by atoms with van der Waals surface area (Å²) in [4.78, 5) is 20.6. The number of carbonyl (C=O) groups is 1. The molecule has 0 radical (unpaired) electrons. The molecule has 24 heavy (non-hydrogen) atoms. The van der Waals surface area contributed by atoms with E-state index in [1.165, 1.54) is 5.56 Å². The Morgan fingerprint density at radius 1 is 1.25 bits per heavy atom. The molecule has 5 nitrogen and oxygen atoms in total. The highest BCUT2D eigenvalue weighted by Gasteiger charge is 2.29. The number of hydrogen-bond donors (Lipinski definition) is 0. The van der Waals surface area contributed by atoms with Crippen LogP contribution in [0, 0.1) is 0 Å². The maximum Gasteiger partial charge on any atom is 0.220 e. The van der Waals surface area contributed by atoms with Crippen LogP contribution < -0.4 is 4.74 Å². The number of rotatable bonds is 4. The van der Waals surface area contributed by atoms with Gasteiger partial charge in [0.25, 0.3) is 0 Å². The van der Waals surface area contributed by atoms with Gasteiger partial charge in [-0.15, -0.1) is 0 Å². The number of nitrogens with zero attached hydrogens (tertiary/aromatic N) is 3. The summed E-state index contributed by atoms with van der Waals surface area (Å²) in [5.74, 6) is 0.952. The minimum Gasteiger partial charge on any atom is -0.497 e. The quantitative estimate of drug-likeness (QED) is 0.866. The zero-order chi connectivity index (χ0) is 16.9. The van der Waals surface area contributed by atoms with Crippen molar-refractivity contribution in [1.29, 1.82) is 0 Å². The van der Waals surface area contributed by atoms with Crippen LogP contribution in [0.15, 0.2) is 48.8 Å². The number of amides is 1. The van der Waals surface area contributed by atoms with Crippen LogP contribution in [-0.4, -0.2) is 47.4 Å². The van der Waals surface area contributed by atoms with Crippen molar-refractivity contribution in [2.75, 3.05) is 26.7 Å². The Labute approximate surface area is 142 Å². The second-order valence-corrected chi connectivity index (χ2v) is 6.10. The first kappa shape index (κ1) is 16.5. The lowest BCUT2D eigenvalue weighted by Gasteiger charge is -2.41. The lowest BCUT2D eigenvalue weighted by molar-refractivity contribution is -0.134. The summed E-state index contributed by atoms with van der Waals surface area (Å²) in [5, 5.41) is 0. The summed E-state index contributed by atoms with van der Waals surface area (Å²) < 4.78 is 5.23. The van der Waals surface area contributed by atoms with E-state index >= 15 is 0 Å². The third kappa shape index (κ3) is 3.74. The zero-order valence-corrected chi connectivity index (χ0v) is 14.2. The first-order chi connectivity index (χ1) is 11.7. The van der Waals surface area contributed by atoms with Gasteiger partial charge in [0.2, 0.25) is 5.91 Å². The Kier molecular flexibility index (Phi) is 5.11. The van der Waals surface area contributed by atoms with Gasteiger partial charge in [0.05, 0.1) is 13.2 Å². The molecular weight excluding hydrogens is 302 g/mol. The highest BCUT2D eigenvalue weighted by molar-refractivity contribution is 5.74. The van der Waals surface area contributed by atoms with Gasteiger partial charge in [-0.25, -0.2) is 0 Å². The van der Waals surface area contributed by atoms with E-state index in [2.05, 4.69) is 16.0 Å². The van der Waals surface area contributed by atoms with Crippen molar-refractivity contribution in [3.63, 3.8) is 0 Å². The Balaban J connectivity index is 1.77. The second-order valence-electron chi connectivity index (χ2n) is 6.10. The molecule has 1 aromatic carbocycles. The second kappa shape index (κ2) is 7.45. The Morgan fingerprint density at radius 3 is 2.67 bits per heavy atom. The maximum absolute atomic E-state index is 12.0. The van der Waals surface area contributed by atoms with Crippen LogP contribution in [0.2, 0.25) is 0 Å². The molecular formula is C19H23N3O2. The summed E-state index contributed by atoms with van der Waals surface area (Å²) in [6.07, 6.45) is 3.69. The molecule has 0 N–H and O–H groups in total. The van der Waals surface area contributed by atoms with Gasteiger partial charge in [-0.3, -0.25) is 14.7 Å². The smallest absolute Gasteiger partial charge is 0.220 e. The first-order valence-corrected chi connectivity index (χ1v) is 8.20. The lowest BCUT2D eigenvalue weighted by atomic mass is 10.0. The molecule has 126 valence electrons. The monoisotopic (exact) mass is 325 g/mol. The molecule has 0 bridgehead atoms. The standard InChI is InChI=1S/C19H23N3O2/c1-15(23)22-11-10-21(13-16-4-3-9-20-12-16)14-19(22)17-5-7-18(24-2)8-6-17/h3-9,12,19H,10-11,13-14H2,1-2H3. The molecule has 1 aliphatic rings. The molecule has 5 heteroatoms. The largest absolute Gasteiger partial charge is 0.497 e. The van der Waals surface area contributed by atoms with Gasteiger partial charge in [0.1, 0.15) is 5.75 Å². The van der Waals surface area contributed by atoms with Crippen LogP contribution in [0.25, 0.3) is 0 Å². The number of benzene rings is 1. The van der Waals surface area contributed by atoms with E-state index in [-0.39, 0.29) is 11.9 Å². The van der Waals surface area contributed by atoms with Gasteiger partial charge in [0.15, 0.2) is 0 Å². The van der Waals surface area contributed by atoms with Crippen LogP contribution in [0.1, 0.15) is 24.1 Å². The van der Waals surface area contributed by atoms with Gasteiger partial charge in [0, 0.05) is 45.5 Å². The summed E-state index contributed by atoms with van der Waals surface area (Å²) in [6, 6.07) is 12.1. The van der Waals surface area contributed by atoms with Crippen LogP contribution in [0.4, 0.5) is 0 Å². The number of methoxy groups -OCH3 is 1. The zero-order valence-electron chi connectivity index (χ0n) is 14.2. The van der Waals surface area contributed by atoms with Crippen molar-refractivity contribution in [3.8, 4) is 5.75 Å². The van der Waals surface area contributed by atoms with Gasteiger partial charge in [-0.05, 0) is 29.3 Å². The number of hydrogen-bond acceptors (Lipinski definition) is 4. The average molecular weight is 325 g/mol. The van der Waals surface area contributed by atoms with Crippen LogP contribution >= 0.6 is 0 Å². The number of carbonyl (C=O) groups excluding carboxylic acids is 1. The molecule has 1 aliphatic heterocycles. The predicted molar refractivity (Wildman–Crippen MR) is 92.6 cm³/mol. The Hall–Kier alpha value is -2.40. The van der Waals surface area contributed by atoms with Crippen LogP contribution in [0.3, 0.4) is 0 Å². The molecule has 1 atom stereocenters. The van der Waals surface area contributed by atoms with E-state index in [9.17, 15) is 4.79 Å². The first-order valence-electron chi connectivity index (χ1n) is 8.20. The van der Waals surface area contributed by atoms with Crippen LogP contribution in [-0.2, 0) is 11.3 Å². The third-order valence-electron chi connectivity index (χ3n) is 4.50. The maximum atomic E-state index is 12.0. The number of pyridine rings is 1. The molecule has 1 aromatic heterocycles. The van der Waals surface area contributed by atoms with Crippen LogP contribution in [0.5, 0.6) is 5.75 Å². The normalized spacial score (nSPS) is 18.4. The van der Waals surface area contributed by atoms with Gasteiger partial charge >= 0.3 is 0 Å². The van der Waals surface area contributed by atoms with Crippen molar-refractivity contribution in [3.05, 3.63) is 59.9 Å². The van der Waals surface area contributed by atoms with E-state index in [1.807, 2.05) is 41.4 Å². The van der Waals surface area contributed by atoms with Crippen molar-refractivity contribution in [2.24, 2.45) is 0 Å². The summed E-state index contributed by atoms with van der Waals surface area (Å²) in [5.41, 5.74) is 2.34. The van der Waals surface area contributed by atoms with Gasteiger partial charge in [-0.2, -0.15) is 0 Å². The minimum absolute atomic E-state index is 0.0684. The topological polar surface area (TPSA) is 45.7 Å². The Bertz CT molecular complexity index is 673. The molecule has 0 aliphatic carbocycles. The molecule has 0 saturated carbocycles. The van der Waals surface area contributed by atoms with Crippen molar-refractivity contribution in [2.45, 2.75) is 19.5 Å². The molecule has 3 rings (SSSR count). The molecule has 0 spiro atoms. The number of aromatic nitrogens is 1. The van der Waals surface area contributed by atoms with Crippen molar-refractivity contribution >= 4 is 5.91 Å². The molecule has 1 amide bonds. The number of ether oxygens (including phenoxy) is 1. The molecule has 2 aromatic rings. The molecule has 2 heterocycles. The van der Waals surface area contributed by atoms with E-state index in [0.717, 1.165) is 37.5 Å². The van der Waals surface area contributed by atoms with E-state index in [1.54, 1.807) is 20.2 Å². The number of piperazine rings is 1. The van der Waals surface area contributed by atoms with E-state index in [0.29, 0.717) is 0 Å². The molecule has 1 saturated heterocycles.